The van der Waals surface area contributed by atoms with E-state index < -0.39 is 19.0 Å². The Morgan fingerprint density at radius 2 is 1.83 bits per heavy atom. The molecule has 0 bridgehead atoms. The molecular formula is C11H12BrF4NO. The van der Waals surface area contributed by atoms with Gasteiger partial charge >= 0.3 is 12.3 Å². The normalized spacial score (nSPS) is 11.9. The first-order valence-electron chi connectivity index (χ1n) is 5.15. The molecule has 0 aliphatic carbocycles. The number of nitrogens with one attached hydrogen (secondary N) is 1. The monoisotopic (exact) mass is 329 g/mol. The van der Waals surface area contributed by atoms with Gasteiger partial charge in [0.2, 0.25) is 0 Å². The smallest absolute Gasteiger partial charge is 0.330 e. The fourth-order valence-corrected chi connectivity index (χ4v) is 1.37. The maximum absolute atomic E-state index is 12.4. The number of ether oxygens (including phenoxy) is 1. The highest BCUT2D eigenvalue weighted by Gasteiger charge is 2.40. The first kappa shape index (κ1) is 15.2. The standard InChI is InChI=1S/C11H12BrF4NO/c12-8-1-3-9(4-2-8)17-5-6-18-7-11(15,16)10(13)14/h1-4,10,17H,5-7H2. The molecular weight excluding hydrogens is 318 g/mol. The average molecular weight is 330 g/mol. The van der Waals surface area contributed by atoms with Crippen molar-refractivity contribution >= 4 is 21.6 Å². The summed E-state index contributed by atoms with van der Waals surface area (Å²) in [5.41, 5.74) is 0.794. The van der Waals surface area contributed by atoms with Crippen LogP contribution in [0.15, 0.2) is 28.7 Å². The van der Waals surface area contributed by atoms with Gasteiger partial charge in [-0.1, -0.05) is 15.9 Å². The SMILES string of the molecule is FC(F)C(F)(F)COCCNc1ccc(Br)cc1. The molecule has 1 N–H and O–H groups in total. The van der Waals surface area contributed by atoms with E-state index >= 15 is 0 Å². The Morgan fingerprint density at radius 3 is 2.39 bits per heavy atom. The number of hydrogen-bond acceptors (Lipinski definition) is 2. The zero-order valence-corrected chi connectivity index (χ0v) is 10.9. The van der Waals surface area contributed by atoms with E-state index in [2.05, 4.69) is 26.0 Å². The lowest BCUT2D eigenvalue weighted by atomic mass is 10.3. The maximum Gasteiger partial charge on any atom is 0.330 e. The van der Waals surface area contributed by atoms with Gasteiger partial charge in [-0.15, -0.1) is 0 Å². The highest BCUT2D eigenvalue weighted by Crippen LogP contribution is 2.22. The van der Waals surface area contributed by atoms with Crippen molar-refractivity contribution in [3.63, 3.8) is 0 Å². The van der Waals surface area contributed by atoms with Gasteiger partial charge in [0.25, 0.3) is 0 Å². The molecule has 0 atom stereocenters. The minimum atomic E-state index is -4.09. The van der Waals surface area contributed by atoms with Crippen LogP contribution in [-0.2, 0) is 4.74 Å². The molecule has 0 aliphatic rings. The minimum Gasteiger partial charge on any atom is -0.383 e. The van der Waals surface area contributed by atoms with Crippen LogP contribution < -0.4 is 5.32 Å². The molecule has 0 aromatic heterocycles. The molecule has 0 spiro atoms. The molecule has 0 heterocycles. The highest BCUT2D eigenvalue weighted by molar-refractivity contribution is 9.10. The summed E-state index contributed by atoms with van der Waals surface area (Å²) in [6, 6.07) is 7.21. The lowest BCUT2D eigenvalue weighted by Crippen LogP contribution is -2.33. The topological polar surface area (TPSA) is 21.3 Å². The fraction of sp³-hybridized carbons (Fsp3) is 0.455. The summed E-state index contributed by atoms with van der Waals surface area (Å²) < 4.78 is 53.9. The molecule has 0 amide bonds. The Balaban J connectivity index is 2.18. The fourth-order valence-electron chi connectivity index (χ4n) is 1.11. The lowest BCUT2D eigenvalue weighted by molar-refractivity contribution is -0.164. The average Bonchev–Trinajstić information content (AvgIpc) is 2.31. The maximum atomic E-state index is 12.4. The minimum absolute atomic E-state index is 0.0711. The number of rotatable bonds is 7. The Kier molecular flexibility index (Phi) is 5.87. The van der Waals surface area contributed by atoms with E-state index in [0.717, 1.165) is 10.2 Å². The number of benzene rings is 1. The summed E-state index contributed by atoms with van der Waals surface area (Å²) >= 11 is 3.27. The van der Waals surface area contributed by atoms with E-state index in [-0.39, 0.29) is 13.2 Å². The van der Waals surface area contributed by atoms with E-state index in [1.54, 1.807) is 12.1 Å². The number of hydrogen-bond donors (Lipinski definition) is 1. The van der Waals surface area contributed by atoms with Crippen molar-refractivity contribution < 1.29 is 22.3 Å². The van der Waals surface area contributed by atoms with Crippen LogP contribution in [-0.4, -0.2) is 32.1 Å². The van der Waals surface area contributed by atoms with E-state index in [9.17, 15) is 17.6 Å². The van der Waals surface area contributed by atoms with Gasteiger partial charge in [-0.25, -0.2) is 8.78 Å². The Bertz CT molecular complexity index is 359. The largest absolute Gasteiger partial charge is 0.383 e. The van der Waals surface area contributed by atoms with Gasteiger partial charge in [-0.05, 0) is 24.3 Å². The third kappa shape index (κ3) is 5.22. The van der Waals surface area contributed by atoms with Gasteiger partial charge in [-0.2, -0.15) is 8.78 Å². The number of halogens is 5. The second kappa shape index (κ2) is 6.94. The quantitative estimate of drug-likeness (QED) is 0.607. The molecule has 2 nitrogen and oxygen atoms in total. The van der Waals surface area contributed by atoms with E-state index in [4.69, 9.17) is 0 Å². The van der Waals surface area contributed by atoms with Crippen LogP contribution in [0.5, 0.6) is 0 Å². The van der Waals surface area contributed by atoms with Crippen molar-refractivity contribution in [2.45, 2.75) is 12.3 Å². The number of alkyl halides is 4. The van der Waals surface area contributed by atoms with Crippen LogP contribution in [0.1, 0.15) is 0 Å². The molecule has 18 heavy (non-hydrogen) atoms. The van der Waals surface area contributed by atoms with Crippen molar-refractivity contribution in [1.29, 1.82) is 0 Å². The van der Waals surface area contributed by atoms with Gasteiger partial charge in [-0.3, -0.25) is 0 Å². The van der Waals surface area contributed by atoms with E-state index in [1.165, 1.54) is 0 Å². The Labute approximate surface area is 110 Å². The molecule has 102 valence electrons. The van der Waals surface area contributed by atoms with Gasteiger partial charge in [0.15, 0.2) is 0 Å². The summed E-state index contributed by atoms with van der Waals surface area (Å²) in [5.74, 6) is -4.09. The predicted octanol–water partition coefficient (Wildman–Crippen LogP) is 3.78. The molecule has 1 aromatic carbocycles. The molecule has 0 fully saturated rings. The first-order chi connectivity index (χ1) is 8.42. The lowest BCUT2D eigenvalue weighted by Gasteiger charge is -2.15. The molecule has 1 aromatic rings. The van der Waals surface area contributed by atoms with E-state index in [1.807, 2.05) is 12.1 Å². The predicted molar refractivity (Wildman–Crippen MR) is 64.4 cm³/mol. The highest BCUT2D eigenvalue weighted by atomic mass is 79.9. The van der Waals surface area contributed by atoms with E-state index in [0.29, 0.717) is 0 Å². The molecule has 0 radical (unpaired) electrons. The second-order valence-corrected chi connectivity index (χ2v) is 4.46. The van der Waals surface area contributed by atoms with Crippen LogP contribution in [0, 0.1) is 0 Å². The van der Waals surface area contributed by atoms with Crippen LogP contribution in [0.3, 0.4) is 0 Å². The summed E-state index contributed by atoms with van der Waals surface area (Å²) in [6.07, 6.45) is -3.70. The molecule has 0 aliphatic heterocycles. The molecule has 1 rings (SSSR count). The van der Waals surface area contributed by atoms with Crippen LogP contribution in [0.4, 0.5) is 23.2 Å². The van der Waals surface area contributed by atoms with Gasteiger partial charge < -0.3 is 10.1 Å². The molecule has 0 saturated heterocycles. The van der Waals surface area contributed by atoms with Gasteiger partial charge in [0, 0.05) is 16.7 Å². The first-order valence-corrected chi connectivity index (χ1v) is 5.94. The summed E-state index contributed by atoms with van der Waals surface area (Å²) in [5, 5.41) is 2.91. The second-order valence-electron chi connectivity index (χ2n) is 3.55. The third-order valence-corrected chi connectivity index (χ3v) is 2.56. The van der Waals surface area contributed by atoms with Crippen LogP contribution in [0.25, 0.3) is 0 Å². The van der Waals surface area contributed by atoms with Crippen LogP contribution in [0.2, 0.25) is 0 Å². The molecule has 7 heteroatoms. The zero-order valence-electron chi connectivity index (χ0n) is 9.31. The summed E-state index contributed by atoms with van der Waals surface area (Å²) in [7, 11) is 0. The zero-order chi connectivity index (χ0) is 13.6. The third-order valence-electron chi connectivity index (χ3n) is 2.03. The molecule has 0 unspecified atom stereocenters. The summed E-state index contributed by atoms with van der Waals surface area (Å²) in [6.45, 7) is -1.08. The number of anilines is 1. The Morgan fingerprint density at radius 1 is 1.22 bits per heavy atom. The van der Waals surface area contributed by atoms with Crippen molar-refractivity contribution in [2.24, 2.45) is 0 Å². The van der Waals surface area contributed by atoms with Crippen molar-refractivity contribution in [3.05, 3.63) is 28.7 Å². The van der Waals surface area contributed by atoms with Crippen molar-refractivity contribution in [1.82, 2.24) is 0 Å². The molecule has 0 saturated carbocycles. The van der Waals surface area contributed by atoms with Crippen molar-refractivity contribution in [3.8, 4) is 0 Å². The van der Waals surface area contributed by atoms with Gasteiger partial charge in [0.1, 0.15) is 6.61 Å². The van der Waals surface area contributed by atoms with Crippen molar-refractivity contribution in [2.75, 3.05) is 25.1 Å². The van der Waals surface area contributed by atoms with Crippen LogP contribution >= 0.6 is 15.9 Å². The Hall–Kier alpha value is -0.820. The summed E-state index contributed by atoms with van der Waals surface area (Å²) in [4.78, 5) is 0. The van der Waals surface area contributed by atoms with Gasteiger partial charge in [0.05, 0.1) is 6.61 Å².